The molecule has 0 saturated heterocycles. The van der Waals surface area contributed by atoms with Gasteiger partial charge in [0.05, 0.1) is 6.54 Å². The maximum absolute atomic E-state index is 11.4. The van der Waals surface area contributed by atoms with E-state index in [0.717, 1.165) is 16.9 Å². The number of anilines is 1. The second-order valence-electron chi connectivity index (χ2n) is 5.43. The van der Waals surface area contributed by atoms with Gasteiger partial charge < -0.3 is 10.6 Å². The highest BCUT2D eigenvalue weighted by molar-refractivity contribution is 5.89. The van der Waals surface area contributed by atoms with E-state index < -0.39 is 0 Å². The van der Waals surface area contributed by atoms with Gasteiger partial charge in [-0.3, -0.25) is 14.6 Å². The summed E-state index contributed by atoms with van der Waals surface area (Å²) >= 11 is 0. The minimum absolute atomic E-state index is 0.0630. The van der Waals surface area contributed by atoms with Gasteiger partial charge in [0.15, 0.2) is 0 Å². The van der Waals surface area contributed by atoms with Crippen molar-refractivity contribution in [1.29, 1.82) is 0 Å². The summed E-state index contributed by atoms with van der Waals surface area (Å²) in [4.78, 5) is 27.1. The zero-order valence-electron chi connectivity index (χ0n) is 13.4. The molecule has 0 fully saturated rings. The van der Waals surface area contributed by atoms with Gasteiger partial charge in [-0.25, -0.2) is 0 Å². The number of rotatable bonds is 7. The zero-order chi connectivity index (χ0) is 16.7. The van der Waals surface area contributed by atoms with Crippen molar-refractivity contribution in [3.8, 4) is 0 Å². The number of nitrogens with one attached hydrogen (secondary N) is 2. The van der Waals surface area contributed by atoms with E-state index in [1.54, 1.807) is 13.1 Å². The van der Waals surface area contributed by atoms with Crippen LogP contribution in [-0.2, 0) is 16.0 Å². The maximum atomic E-state index is 11.4. The Morgan fingerprint density at radius 1 is 1.09 bits per heavy atom. The molecule has 1 atom stereocenters. The van der Waals surface area contributed by atoms with Crippen LogP contribution in [0.5, 0.6) is 0 Å². The monoisotopic (exact) mass is 311 g/mol. The molecule has 2 rings (SSSR count). The van der Waals surface area contributed by atoms with Crippen molar-refractivity contribution >= 4 is 17.4 Å². The molecule has 5 heteroatoms. The van der Waals surface area contributed by atoms with Crippen LogP contribution in [0.2, 0.25) is 0 Å². The van der Waals surface area contributed by atoms with Crippen LogP contribution in [0, 0.1) is 0 Å². The first-order valence-electron chi connectivity index (χ1n) is 7.55. The van der Waals surface area contributed by atoms with E-state index in [1.165, 1.54) is 6.92 Å². The van der Waals surface area contributed by atoms with Gasteiger partial charge in [-0.05, 0) is 30.7 Å². The number of aromatic nitrogens is 1. The SMILES string of the molecule is CC(=O)CNC(Cc1ccccn1)c1ccccc1NC(C)=O. The first-order chi connectivity index (χ1) is 11.1. The summed E-state index contributed by atoms with van der Waals surface area (Å²) in [5, 5.41) is 6.10. The molecule has 0 aliphatic carbocycles. The smallest absolute Gasteiger partial charge is 0.221 e. The van der Waals surface area contributed by atoms with Gasteiger partial charge in [0.1, 0.15) is 5.78 Å². The minimum atomic E-state index is -0.124. The molecule has 0 radical (unpaired) electrons. The van der Waals surface area contributed by atoms with Crippen molar-refractivity contribution in [2.45, 2.75) is 26.3 Å². The number of carbonyl (C=O) groups excluding carboxylic acids is 2. The molecule has 0 aliphatic heterocycles. The van der Waals surface area contributed by atoms with Crippen molar-refractivity contribution in [3.63, 3.8) is 0 Å². The Hall–Kier alpha value is -2.53. The van der Waals surface area contributed by atoms with Crippen molar-refractivity contribution in [2.75, 3.05) is 11.9 Å². The average molecular weight is 311 g/mol. The molecule has 1 heterocycles. The second-order valence-corrected chi connectivity index (χ2v) is 5.43. The fraction of sp³-hybridized carbons (Fsp3) is 0.278. The number of Topliss-reactive ketones (excluding diaryl/α,β-unsaturated/α-hetero) is 1. The number of nitrogens with zero attached hydrogens (tertiary/aromatic N) is 1. The third-order valence-electron chi connectivity index (χ3n) is 3.38. The summed E-state index contributed by atoms with van der Waals surface area (Å²) in [6, 6.07) is 13.2. The molecular formula is C18H21N3O2. The summed E-state index contributed by atoms with van der Waals surface area (Å²) in [7, 11) is 0. The summed E-state index contributed by atoms with van der Waals surface area (Å²) in [5.41, 5.74) is 2.61. The van der Waals surface area contributed by atoms with E-state index in [1.807, 2.05) is 42.5 Å². The number of hydrogen-bond acceptors (Lipinski definition) is 4. The van der Waals surface area contributed by atoms with Gasteiger partial charge in [-0.2, -0.15) is 0 Å². The van der Waals surface area contributed by atoms with Gasteiger partial charge in [0, 0.05) is 37.0 Å². The lowest BCUT2D eigenvalue weighted by Crippen LogP contribution is -2.29. The van der Waals surface area contributed by atoms with Gasteiger partial charge >= 0.3 is 0 Å². The number of amides is 1. The highest BCUT2D eigenvalue weighted by atomic mass is 16.1. The number of carbonyl (C=O) groups is 2. The Kier molecular flexibility index (Phi) is 6.00. The molecule has 1 aromatic heterocycles. The molecule has 0 spiro atoms. The van der Waals surface area contributed by atoms with Gasteiger partial charge in [0.2, 0.25) is 5.91 Å². The van der Waals surface area contributed by atoms with E-state index in [9.17, 15) is 9.59 Å². The minimum Gasteiger partial charge on any atom is -0.326 e. The van der Waals surface area contributed by atoms with Crippen LogP contribution in [0.3, 0.4) is 0 Å². The number of benzene rings is 1. The predicted octanol–water partition coefficient (Wildman–Crippen LogP) is 2.50. The molecule has 5 nitrogen and oxygen atoms in total. The van der Waals surface area contributed by atoms with Crippen LogP contribution in [0.25, 0.3) is 0 Å². The van der Waals surface area contributed by atoms with Crippen LogP contribution in [0.15, 0.2) is 48.7 Å². The molecule has 2 aromatic rings. The Morgan fingerprint density at radius 2 is 1.83 bits per heavy atom. The summed E-state index contributed by atoms with van der Waals surface area (Å²) < 4.78 is 0. The number of hydrogen-bond donors (Lipinski definition) is 2. The molecule has 0 saturated carbocycles. The van der Waals surface area contributed by atoms with Gasteiger partial charge in [-0.15, -0.1) is 0 Å². The standard InChI is InChI=1S/C18H21N3O2/c1-13(22)12-20-18(11-15-7-5-6-10-19-15)16-8-3-4-9-17(16)21-14(2)23/h3-10,18,20H,11-12H2,1-2H3,(H,21,23). The fourth-order valence-corrected chi connectivity index (χ4v) is 2.39. The Balaban J connectivity index is 2.29. The Bertz CT molecular complexity index is 671. The van der Waals surface area contributed by atoms with Crippen molar-refractivity contribution < 1.29 is 9.59 Å². The van der Waals surface area contributed by atoms with Crippen LogP contribution in [0.1, 0.15) is 31.1 Å². The van der Waals surface area contributed by atoms with Crippen LogP contribution >= 0.6 is 0 Å². The number of pyridine rings is 1. The van der Waals surface area contributed by atoms with E-state index in [4.69, 9.17) is 0 Å². The Morgan fingerprint density at radius 3 is 2.48 bits per heavy atom. The van der Waals surface area contributed by atoms with E-state index in [0.29, 0.717) is 6.42 Å². The van der Waals surface area contributed by atoms with Gasteiger partial charge in [-0.1, -0.05) is 24.3 Å². The van der Waals surface area contributed by atoms with Crippen molar-refractivity contribution in [2.24, 2.45) is 0 Å². The van der Waals surface area contributed by atoms with Gasteiger partial charge in [0.25, 0.3) is 0 Å². The number of para-hydroxylation sites is 1. The van der Waals surface area contributed by atoms with E-state index in [-0.39, 0.29) is 24.3 Å². The highest BCUT2D eigenvalue weighted by Crippen LogP contribution is 2.25. The first-order valence-corrected chi connectivity index (χ1v) is 7.55. The molecule has 120 valence electrons. The lowest BCUT2D eigenvalue weighted by atomic mass is 9.99. The molecule has 23 heavy (non-hydrogen) atoms. The molecule has 2 N–H and O–H groups in total. The molecule has 1 aromatic carbocycles. The lowest BCUT2D eigenvalue weighted by molar-refractivity contribution is -0.116. The fourth-order valence-electron chi connectivity index (χ4n) is 2.39. The van der Waals surface area contributed by atoms with E-state index >= 15 is 0 Å². The lowest BCUT2D eigenvalue weighted by Gasteiger charge is -2.21. The molecule has 0 bridgehead atoms. The van der Waals surface area contributed by atoms with Crippen molar-refractivity contribution in [3.05, 3.63) is 59.9 Å². The van der Waals surface area contributed by atoms with Crippen molar-refractivity contribution in [1.82, 2.24) is 10.3 Å². The predicted molar refractivity (Wildman–Crippen MR) is 90.1 cm³/mol. The Labute approximate surface area is 136 Å². The second kappa shape index (κ2) is 8.19. The van der Waals surface area contributed by atoms with Crippen LogP contribution in [-0.4, -0.2) is 23.2 Å². The topological polar surface area (TPSA) is 71.1 Å². The largest absolute Gasteiger partial charge is 0.326 e. The summed E-state index contributed by atoms with van der Waals surface area (Å²) in [6.07, 6.45) is 2.38. The normalized spacial score (nSPS) is 11.7. The van der Waals surface area contributed by atoms with Crippen LogP contribution in [0.4, 0.5) is 5.69 Å². The molecular weight excluding hydrogens is 290 g/mol. The first kappa shape index (κ1) is 16.8. The molecule has 1 unspecified atom stereocenters. The van der Waals surface area contributed by atoms with E-state index in [2.05, 4.69) is 15.6 Å². The highest BCUT2D eigenvalue weighted by Gasteiger charge is 2.17. The third kappa shape index (κ3) is 5.30. The van der Waals surface area contributed by atoms with Crippen LogP contribution < -0.4 is 10.6 Å². The quantitative estimate of drug-likeness (QED) is 0.824. The molecule has 1 amide bonds. The summed E-state index contributed by atoms with van der Waals surface area (Å²) in [6.45, 7) is 3.30. The zero-order valence-corrected chi connectivity index (χ0v) is 13.4. The maximum Gasteiger partial charge on any atom is 0.221 e. The third-order valence-corrected chi connectivity index (χ3v) is 3.38. The molecule has 0 aliphatic rings. The number of ketones is 1. The average Bonchev–Trinajstić information content (AvgIpc) is 2.52. The summed E-state index contributed by atoms with van der Waals surface area (Å²) in [5.74, 6) is -0.0615.